The predicted octanol–water partition coefficient (Wildman–Crippen LogP) is 2.01. The molecule has 3 heterocycles. The number of H-pyrrole nitrogens is 1. The van der Waals surface area contributed by atoms with Crippen LogP contribution in [-0.2, 0) is 0 Å². The lowest BCUT2D eigenvalue weighted by molar-refractivity contribution is 0.403. The van der Waals surface area contributed by atoms with Crippen molar-refractivity contribution in [3.8, 4) is 11.4 Å². The van der Waals surface area contributed by atoms with Crippen LogP contribution in [0.25, 0.3) is 11.4 Å². The molecule has 1 saturated heterocycles. The molecule has 1 aliphatic rings. The summed E-state index contributed by atoms with van der Waals surface area (Å²) in [6.07, 6.45) is 1.62. The normalized spacial score (nSPS) is 23.8. The summed E-state index contributed by atoms with van der Waals surface area (Å²) in [5.41, 5.74) is 0.884. The maximum atomic E-state index is 5.21. The van der Waals surface area contributed by atoms with Crippen molar-refractivity contribution in [3.63, 3.8) is 0 Å². The second-order valence-electron chi connectivity index (χ2n) is 4.97. The van der Waals surface area contributed by atoms with E-state index in [9.17, 15) is 0 Å². The van der Waals surface area contributed by atoms with Crippen molar-refractivity contribution in [1.82, 2.24) is 20.5 Å². The lowest BCUT2D eigenvalue weighted by Crippen LogP contribution is -2.54. The molecule has 102 valence electrons. The molecule has 0 aromatic carbocycles. The number of nitrogens with one attached hydrogen (secondary N) is 2. The topological polar surface area (TPSA) is 70.0 Å². The number of hydrogen-bond donors (Lipinski definition) is 2. The number of aromatic amines is 1. The first-order valence-corrected chi connectivity index (χ1v) is 7.09. The Kier molecular flexibility index (Phi) is 3.32. The van der Waals surface area contributed by atoms with Gasteiger partial charge in [0.05, 0.1) is 11.8 Å². The molecule has 2 atom stereocenters. The molecule has 0 bridgehead atoms. The molecular formula is C12H16BrN5O. The first kappa shape index (κ1) is 12.7. The average Bonchev–Trinajstić information content (AvgIpc) is 2.95. The Morgan fingerprint density at radius 3 is 2.74 bits per heavy atom. The highest BCUT2D eigenvalue weighted by atomic mass is 79.9. The maximum absolute atomic E-state index is 5.21. The van der Waals surface area contributed by atoms with Gasteiger partial charge >= 0.3 is 0 Å². The van der Waals surface area contributed by atoms with Gasteiger partial charge in [0.25, 0.3) is 0 Å². The zero-order valence-electron chi connectivity index (χ0n) is 10.9. The quantitative estimate of drug-likeness (QED) is 0.883. The van der Waals surface area contributed by atoms with Crippen molar-refractivity contribution in [1.29, 1.82) is 0 Å². The Bertz CT molecular complexity index is 556. The van der Waals surface area contributed by atoms with E-state index >= 15 is 0 Å². The molecule has 0 amide bonds. The van der Waals surface area contributed by atoms with Crippen LogP contribution in [0.15, 0.2) is 21.4 Å². The number of furan rings is 1. The number of aromatic nitrogens is 3. The zero-order valence-corrected chi connectivity index (χ0v) is 12.4. The van der Waals surface area contributed by atoms with E-state index in [1.807, 2.05) is 6.07 Å². The summed E-state index contributed by atoms with van der Waals surface area (Å²) in [6.45, 7) is 6.16. The Balaban J connectivity index is 1.83. The molecule has 0 saturated carbocycles. The first-order chi connectivity index (χ1) is 9.13. The number of hydrogen-bond acceptors (Lipinski definition) is 5. The number of nitrogens with zero attached hydrogens (tertiary/aromatic N) is 3. The van der Waals surface area contributed by atoms with Gasteiger partial charge in [-0.25, -0.2) is 0 Å². The standard InChI is InChI=1S/C12H16BrN5O/c1-7-5-18(6-8(2)14-7)12-15-11(16-17-12)9-3-4-19-10(9)13/h3-4,7-8,14H,5-6H2,1-2H3,(H,15,16,17). The van der Waals surface area contributed by atoms with Gasteiger partial charge in [0.1, 0.15) is 0 Å². The van der Waals surface area contributed by atoms with Crippen LogP contribution in [0.2, 0.25) is 0 Å². The van der Waals surface area contributed by atoms with Gasteiger partial charge in [-0.3, -0.25) is 5.10 Å². The summed E-state index contributed by atoms with van der Waals surface area (Å²) >= 11 is 3.35. The largest absolute Gasteiger partial charge is 0.457 e. The van der Waals surface area contributed by atoms with E-state index in [1.54, 1.807) is 6.26 Å². The lowest BCUT2D eigenvalue weighted by atomic mass is 10.1. The van der Waals surface area contributed by atoms with E-state index in [0.29, 0.717) is 16.8 Å². The minimum Gasteiger partial charge on any atom is -0.457 e. The molecule has 2 unspecified atom stereocenters. The summed E-state index contributed by atoms with van der Waals surface area (Å²) in [5.74, 6) is 1.46. The third kappa shape index (κ3) is 2.52. The SMILES string of the molecule is CC1CN(c2n[nH]c(-c3ccoc3Br)n2)CC(C)N1. The van der Waals surface area contributed by atoms with Crippen LogP contribution in [0.1, 0.15) is 13.8 Å². The maximum Gasteiger partial charge on any atom is 0.245 e. The van der Waals surface area contributed by atoms with Crippen molar-refractivity contribution >= 4 is 21.9 Å². The summed E-state index contributed by atoms with van der Waals surface area (Å²) in [5, 5.41) is 10.8. The zero-order chi connectivity index (χ0) is 13.4. The highest BCUT2D eigenvalue weighted by molar-refractivity contribution is 9.10. The van der Waals surface area contributed by atoms with Crippen LogP contribution in [0, 0.1) is 0 Å². The van der Waals surface area contributed by atoms with Crippen molar-refractivity contribution in [3.05, 3.63) is 17.0 Å². The van der Waals surface area contributed by atoms with Crippen molar-refractivity contribution in [2.75, 3.05) is 18.0 Å². The van der Waals surface area contributed by atoms with Crippen molar-refractivity contribution < 1.29 is 4.42 Å². The van der Waals surface area contributed by atoms with Gasteiger partial charge in [0, 0.05) is 25.2 Å². The molecular weight excluding hydrogens is 310 g/mol. The van der Waals surface area contributed by atoms with Gasteiger partial charge in [0.15, 0.2) is 10.5 Å². The van der Waals surface area contributed by atoms with E-state index in [2.05, 4.69) is 55.2 Å². The second-order valence-corrected chi connectivity index (χ2v) is 5.69. The Hall–Kier alpha value is -1.34. The monoisotopic (exact) mass is 325 g/mol. The van der Waals surface area contributed by atoms with E-state index in [1.165, 1.54) is 0 Å². The molecule has 2 aromatic rings. The van der Waals surface area contributed by atoms with Crippen LogP contribution in [0.4, 0.5) is 5.95 Å². The second kappa shape index (κ2) is 4.97. The highest BCUT2D eigenvalue weighted by Crippen LogP contribution is 2.27. The number of anilines is 1. The molecule has 19 heavy (non-hydrogen) atoms. The molecule has 2 aromatic heterocycles. The molecule has 1 fully saturated rings. The molecule has 0 aliphatic carbocycles. The smallest absolute Gasteiger partial charge is 0.245 e. The van der Waals surface area contributed by atoms with Crippen molar-refractivity contribution in [2.45, 2.75) is 25.9 Å². The lowest BCUT2D eigenvalue weighted by Gasteiger charge is -2.35. The van der Waals surface area contributed by atoms with E-state index in [4.69, 9.17) is 4.42 Å². The van der Waals surface area contributed by atoms with Crippen LogP contribution >= 0.6 is 15.9 Å². The van der Waals surface area contributed by atoms with Crippen LogP contribution in [-0.4, -0.2) is 40.4 Å². The van der Waals surface area contributed by atoms with Gasteiger partial charge in [-0.05, 0) is 35.8 Å². The number of rotatable bonds is 2. The minimum atomic E-state index is 0.436. The molecule has 2 N–H and O–H groups in total. The van der Waals surface area contributed by atoms with Crippen molar-refractivity contribution in [2.24, 2.45) is 0 Å². The van der Waals surface area contributed by atoms with Gasteiger partial charge in [-0.15, -0.1) is 5.10 Å². The molecule has 6 nitrogen and oxygen atoms in total. The van der Waals surface area contributed by atoms with Crippen LogP contribution < -0.4 is 10.2 Å². The molecule has 1 aliphatic heterocycles. The fraction of sp³-hybridized carbons (Fsp3) is 0.500. The number of piperazine rings is 1. The van der Waals surface area contributed by atoms with Crippen LogP contribution in [0.5, 0.6) is 0 Å². The molecule has 3 rings (SSSR count). The summed E-state index contributed by atoms with van der Waals surface area (Å²) in [4.78, 5) is 6.74. The Morgan fingerprint density at radius 1 is 1.37 bits per heavy atom. The van der Waals surface area contributed by atoms with Gasteiger partial charge in [-0.2, -0.15) is 4.98 Å². The molecule has 0 radical (unpaired) electrons. The van der Waals surface area contributed by atoms with E-state index in [0.717, 1.165) is 30.4 Å². The van der Waals surface area contributed by atoms with Gasteiger partial charge in [-0.1, -0.05) is 0 Å². The fourth-order valence-electron chi connectivity index (χ4n) is 2.47. The summed E-state index contributed by atoms with van der Waals surface area (Å²) < 4.78 is 5.88. The van der Waals surface area contributed by atoms with Gasteiger partial charge < -0.3 is 14.6 Å². The number of halogens is 1. The Morgan fingerprint density at radius 2 is 2.11 bits per heavy atom. The molecule has 7 heteroatoms. The third-order valence-electron chi connectivity index (χ3n) is 3.19. The molecule has 0 spiro atoms. The van der Waals surface area contributed by atoms with E-state index in [-0.39, 0.29) is 0 Å². The average molecular weight is 326 g/mol. The van der Waals surface area contributed by atoms with Crippen LogP contribution in [0.3, 0.4) is 0 Å². The minimum absolute atomic E-state index is 0.436. The summed E-state index contributed by atoms with van der Waals surface area (Å²) in [6, 6.07) is 2.73. The fourth-order valence-corrected chi connectivity index (χ4v) is 2.90. The van der Waals surface area contributed by atoms with Gasteiger partial charge in [0.2, 0.25) is 5.95 Å². The third-order valence-corrected chi connectivity index (χ3v) is 3.80. The highest BCUT2D eigenvalue weighted by Gasteiger charge is 2.24. The summed E-state index contributed by atoms with van der Waals surface area (Å²) in [7, 11) is 0. The first-order valence-electron chi connectivity index (χ1n) is 6.30. The Labute approximate surface area is 119 Å². The predicted molar refractivity (Wildman–Crippen MR) is 76.1 cm³/mol. The van der Waals surface area contributed by atoms with E-state index < -0.39 is 0 Å².